The quantitative estimate of drug-likeness (QED) is 0.177. The first-order chi connectivity index (χ1) is 12.6. The second kappa shape index (κ2) is 11.3. The molecule has 0 saturated carbocycles. The summed E-state index contributed by atoms with van der Waals surface area (Å²) in [6.07, 6.45) is 0. The molecule has 0 N–H and O–H groups in total. The van der Waals surface area contributed by atoms with Crippen LogP contribution in [0.5, 0.6) is 0 Å². The zero-order valence-electron chi connectivity index (χ0n) is 17.1. The molecule has 0 aromatic heterocycles. The van der Waals surface area contributed by atoms with E-state index in [2.05, 4.69) is 33.9 Å². The van der Waals surface area contributed by atoms with Gasteiger partial charge in [-0.3, -0.25) is 4.79 Å². The summed E-state index contributed by atoms with van der Waals surface area (Å²) < 4.78 is 21.7. The fourth-order valence-electron chi connectivity index (χ4n) is 1.86. The zero-order chi connectivity index (χ0) is 20.3. The Bertz CT molecular complexity index is 580. The van der Waals surface area contributed by atoms with Crippen LogP contribution in [0, 0.1) is 0 Å². The van der Waals surface area contributed by atoms with Crippen LogP contribution in [0.1, 0.15) is 31.1 Å². The highest BCUT2D eigenvalue weighted by Crippen LogP contribution is 2.36. The molecule has 0 saturated heterocycles. The molecule has 0 bridgehead atoms. The largest absolute Gasteiger partial charge is 0.457 e. The lowest BCUT2D eigenvalue weighted by atomic mass is 10.1. The molecular formula is C20H32O6Si. The van der Waals surface area contributed by atoms with Gasteiger partial charge in [0.05, 0.1) is 33.0 Å². The van der Waals surface area contributed by atoms with Crippen molar-refractivity contribution in [2.24, 2.45) is 0 Å². The van der Waals surface area contributed by atoms with Gasteiger partial charge in [0.1, 0.15) is 6.61 Å². The molecule has 0 aliphatic carbocycles. The second-order valence-electron chi connectivity index (χ2n) is 7.66. The van der Waals surface area contributed by atoms with Crippen LogP contribution in [0.15, 0.2) is 30.3 Å². The van der Waals surface area contributed by atoms with Crippen molar-refractivity contribution in [1.82, 2.24) is 0 Å². The second-order valence-corrected chi connectivity index (χ2v) is 12.5. The fourth-order valence-corrected chi connectivity index (χ4v) is 2.89. The number of esters is 1. The monoisotopic (exact) mass is 396 g/mol. The molecule has 6 nitrogen and oxygen atoms in total. The van der Waals surface area contributed by atoms with Gasteiger partial charge in [0, 0.05) is 5.56 Å². The van der Waals surface area contributed by atoms with Crippen molar-refractivity contribution in [1.29, 1.82) is 0 Å². The topological polar surface area (TPSA) is 71.1 Å². The molecule has 0 fully saturated rings. The number of benzene rings is 1. The maximum absolute atomic E-state index is 11.8. The molecule has 0 spiro atoms. The van der Waals surface area contributed by atoms with Gasteiger partial charge in [-0.1, -0.05) is 51.1 Å². The van der Waals surface area contributed by atoms with Crippen molar-refractivity contribution in [2.75, 3.05) is 39.6 Å². The molecule has 0 radical (unpaired) electrons. The fraction of sp³-hybridized carbons (Fsp3) is 0.600. The minimum atomic E-state index is -1.72. The van der Waals surface area contributed by atoms with Crippen LogP contribution in [0.25, 0.3) is 0 Å². The molecule has 0 unspecified atom stereocenters. The first kappa shape index (κ1) is 23.5. The van der Waals surface area contributed by atoms with E-state index in [1.54, 1.807) is 30.3 Å². The van der Waals surface area contributed by atoms with Gasteiger partial charge in [-0.25, -0.2) is 4.79 Å². The Balaban J connectivity index is 2.02. The number of hydrogen-bond donors (Lipinski definition) is 0. The van der Waals surface area contributed by atoms with E-state index in [-0.39, 0.29) is 18.3 Å². The number of ether oxygens (including phenoxy) is 3. The molecule has 1 aromatic rings. The lowest BCUT2D eigenvalue weighted by Crippen LogP contribution is -2.41. The van der Waals surface area contributed by atoms with Crippen molar-refractivity contribution in [2.45, 2.75) is 38.9 Å². The lowest BCUT2D eigenvalue weighted by Gasteiger charge is -2.36. The highest BCUT2D eigenvalue weighted by Gasteiger charge is 2.36. The normalized spacial score (nSPS) is 12.0. The highest BCUT2D eigenvalue weighted by molar-refractivity contribution is 6.74. The Kier molecular flexibility index (Phi) is 9.86. The lowest BCUT2D eigenvalue weighted by molar-refractivity contribution is -0.139. The molecule has 0 heterocycles. The average Bonchev–Trinajstić information content (AvgIpc) is 2.62. The van der Waals surface area contributed by atoms with Crippen molar-refractivity contribution in [3.63, 3.8) is 0 Å². The molecule has 0 amide bonds. The summed E-state index contributed by atoms with van der Waals surface area (Å²) in [5.41, 5.74) is 0.316. The molecule has 0 aliphatic heterocycles. The molecule has 7 heteroatoms. The predicted octanol–water partition coefficient (Wildman–Crippen LogP) is 3.47. The molecular weight excluding hydrogens is 364 g/mol. The van der Waals surface area contributed by atoms with Crippen LogP contribution in [-0.2, 0) is 23.4 Å². The van der Waals surface area contributed by atoms with Crippen LogP contribution >= 0.6 is 0 Å². The zero-order valence-corrected chi connectivity index (χ0v) is 18.1. The Morgan fingerprint density at radius 2 is 1.37 bits per heavy atom. The highest BCUT2D eigenvalue weighted by atomic mass is 28.4. The minimum absolute atomic E-state index is 0.0336. The molecule has 0 aliphatic rings. The molecule has 27 heavy (non-hydrogen) atoms. The van der Waals surface area contributed by atoms with Gasteiger partial charge in [-0.2, -0.15) is 0 Å². The third-order valence-corrected chi connectivity index (χ3v) is 9.09. The maximum Gasteiger partial charge on any atom is 0.379 e. The molecule has 152 valence electrons. The first-order valence-corrected chi connectivity index (χ1v) is 12.1. The summed E-state index contributed by atoms with van der Waals surface area (Å²) >= 11 is 0. The Labute approximate surface area is 163 Å². The summed E-state index contributed by atoms with van der Waals surface area (Å²) in [5.74, 6) is -1.52. The van der Waals surface area contributed by atoms with Crippen LogP contribution in [0.4, 0.5) is 0 Å². The summed E-state index contributed by atoms with van der Waals surface area (Å²) in [6.45, 7) is 13.2. The van der Waals surface area contributed by atoms with Crippen molar-refractivity contribution >= 4 is 20.1 Å². The van der Waals surface area contributed by atoms with Crippen LogP contribution in [0.2, 0.25) is 18.1 Å². The predicted molar refractivity (Wildman–Crippen MR) is 107 cm³/mol. The van der Waals surface area contributed by atoms with Crippen LogP contribution < -0.4 is 0 Å². The standard InChI is InChI=1S/C20H32O6Si/c1-20(2,3)27(4,5)26-16-14-24-12-11-23-13-15-25-19(22)18(21)17-9-7-6-8-10-17/h6-10H,11-16H2,1-5H3. The van der Waals surface area contributed by atoms with Gasteiger partial charge in [0.2, 0.25) is 0 Å². The number of carbonyl (C=O) groups excluding carboxylic acids is 2. The number of hydrogen-bond acceptors (Lipinski definition) is 6. The van der Waals surface area contributed by atoms with E-state index in [1.807, 2.05) is 0 Å². The van der Waals surface area contributed by atoms with Crippen molar-refractivity contribution < 1.29 is 28.2 Å². The maximum atomic E-state index is 11.8. The van der Waals surface area contributed by atoms with E-state index in [9.17, 15) is 9.59 Å². The van der Waals surface area contributed by atoms with Gasteiger partial charge in [0.15, 0.2) is 8.32 Å². The van der Waals surface area contributed by atoms with E-state index in [0.717, 1.165) is 0 Å². The Morgan fingerprint density at radius 1 is 0.852 bits per heavy atom. The van der Waals surface area contributed by atoms with Crippen molar-refractivity contribution in [3.05, 3.63) is 35.9 Å². The van der Waals surface area contributed by atoms with E-state index < -0.39 is 20.1 Å². The smallest absolute Gasteiger partial charge is 0.379 e. The number of rotatable bonds is 12. The van der Waals surface area contributed by atoms with Gasteiger partial charge in [-0.15, -0.1) is 0 Å². The van der Waals surface area contributed by atoms with E-state index in [4.69, 9.17) is 18.6 Å². The average molecular weight is 397 g/mol. The summed E-state index contributed by atoms with van der Waals surface area (Å²) in [5, 5.41) is 0.190. The Morgan fingerprint density at radius 3 is 1.93 bits per heavy atom. The molecule has 0 atom stereocenters. The first-order valence-electron chi connectivity index (χ1n) is 9.21. The SMILES string of the molecule is CC(C)(C)[Si](C)(C)OCCOCCOCCOC(=O)C(=O)c1ccccc1. The van der Waals surface area contributed by atoms with E-state index >= 15 is 0 Å². The summed E-state index contributed by atoms with van der Waals surface area (Å²) in [7, 11) is -1.72. The number of carbonyl (C=O) groups is 2. The van der Waals surface area contributed by atoms with Crippen molar-refractivity contribution in [3.8, 4) is 0 Å². The van der Waals surface area contributed by atoms with Gasteiger partial charge < -0.3 is 18.6 Å². The number of ketones is 1. The van der Waals surface area contributed by atoms with E-state index in [1.165, 1.54) is 0 Å². The summed E-state index contributed by atoms with van der Waals surface area (Å²) in [6, 6.07) is 8.32. The van der Waals surface area contributed by atoms with Gasteiger partial charge in [0.25, 0.3) is 5.78 Å². The van der Waals surface area contributed by atoms with Gasteiger partial charge in [-0.05, 0) is 18.1 Å². The molecule has 1 rings (SSSR count). The van der Waals surface area contributed by atoms with Crippen LogP contribution in [-0.4, -0.2) is 59.7 Å². The third-order valence-electron chi connectivity index (χ3n) is 4.55. The van der Waals surface area contributed by atoms with E-state index in [0.29, 0.717) is 32.0 Å². The number of Topliss-reactive ketones (excluding diaryl/α,β-unsaturated/α-hetero) is 1. The van der Waals surface area contributed by atoms with Gasteiger partial charge >= 0.3 is 5.97 Å². The molecule has 1 aromatic carbocycles. The Hall–Kier alpha value is -1.54. The minimum Gasteiger partial charge on any atom is -0.457 e. The van der Waals surface area contributed by atoms with Crippen LogP contribution in [0.3, 0.4) is 0 Å². The third kappa shape index (κ3) is 8.79. The summed E-state index contributed by atoms with van der Waals surface area (Å²) in [4.78, 5) is 23.4.